The summed E-state index contributed by atoms with van der Waals surface area (Å²) in [5.41, 5.74) is 2.93. The molecule has 1 aliphatic rings. The highest BCUT2D eigenvalue weighted by Crippen LogP contribution is 2.44. The van der Waals surface area contributed by atoms with Crippen LogP contribution in [0.1, 0.15) is 55.3 Å². The number of carbonyl (C=O) groups is 2. The number of phenolic OH excluding ortho intramolecular Hbond substituents is 2. The summed E-state index contributed by atoms with van der Waals surface area (Å²) in [4.78, 5) is 23.8. The fourth-order valence-corrected chi connectivity index (χ4v) is 5.41. The number of likely N-dealkylation sites (N-methyl/N-ethyl adjacent to an activating group) is 1. The van der Waals surface area contributed by atoms with E-state index in [1.54, 1.807) is 45.6 Å². The summed E-state index contributed by atoms with van der Waals surface area (Å²) in [6.45, 7) is 4.12. The Hall–Kier alpha value is -3.92. The molecule has 1 heterocycles. The van der Waals surface area contributed by atoms with E-state index in [0.29, 0.717) is 41.2 Å². The number of hydrogen-bond acceptors (Lipinski definition) is 9. The predicted octanol–water partition coefficient (Wildman–Crippen LogP) is 4.63. The number of benzene rings is 2. The van der Waals surface area contributed by atoms with Crippen molar-refractivity contribution in [2.75, 3.05) is 54.7 Å². The number of ether oxygens (including phenoxy) is 5. The maximum absolute atomic E-state index is 12.2. The zero-order valence-electron chi connectivity index (χ0n) is 25.3. The second-order valence-electron chi connectivity index (χ2n) is 10.6. The van der Waals surface area contributed by atoms with Crippen LogP contribution >= 0.6 is 0 Å². The third-order valence-electron chi connectivity index (χ3n) is 7.67. The molecule has 2 aromatic carbocycles. The van der Waals surface area contributed by atoms with Crippen LogP contribution in [0, 0.1) is 0 Å². The van der Waals surface area contributed by atoms with Gasteiger partial charge in [-0.3, -0.25) is 9.59 Å². The van der Waals surface area contributed by atoms with Gasteiger partial charge >= 0.3 is 11.9 Å². The average molecular weight is 587 g/mol. The Morgan fingerprint density at radius 3 is 2.07 bits per heavy atom. The molecule has 2 aromatic rings. The molecule has 42 heavy (non-hydrogen) atoms. The van der Waals surface area contributed by atoms with E-state index in [9.17, 15) is 19.8 Å². The molecule has 230 valence electrons. The first-order chi connectivity index (χ1) is 20.1. The monoisotopic (exact) mass is 586 g/mol. The van der Waals surface area contributed by atoms with Crippen molar-refractivity contribution < 1.29 is 48.0 Å². The Labute approximate surface area is 248 Å². The van der Waals surface area contributed by atoms with Crippen LogP contribution in [0.2, 0.25) is 0 Å². The highest BCUT2D eigenvalue weighted by atomic mass is 16.5. The summed E-state index contributed by atoms with van der Waals surface area (Å²) in [5.74, 6) is 0.683. The molecule has 3 rings (SSSR count). The van der Waals surface area contributed by atoms with Crippen molar-refractivity contribution in [3.63, 3.8) is 0 Å². The zero-order chi connectivity index (χ0) is 30.7. The normalized spacial score (nSPS) is 17.9. The fraction of sp³-hybridized carbons (Fsp3) is 0.500. The summed E-state index contributed by atoms with van der Waals surface area (Å²) < 4.78 is 27.7. The van der Waals surface area contributed by atoms with Crippen LogP contribution in [-0.2, 0) is 31.9 Å². The summed E-state index contributed by atoms with van der Waals surface area (Å²) in [6.07, 6.45) is 6.22. The molecule has 2 unspecified atom stereocenters. The number of aromatic hydroxyl groups is 2. The van der Waals surface area contributed by atoms with E-state index in [0.717, 1.165) is 42.6 Å². The van der Waals surface area contributed by atoms with Gasteiger partial charge in [0.25, 0.3) is 0 Å². The molecule has 0 aliphatic carbocycles. The van der Waals surface area contributed by atoms with Crippen molar-refractivity contribution in [3.05, 3.63) is 53.1 Å². The molecule has 0 saturated carbocycles. The number of rotatable bonds is 15. The predicted molar refractivity (Wildman–Crippen MR) is 157 cm³/mol. The standard InChI is InChI=1S/C32H43NO9/c1-6-15-41-30(36)10-7-8-11-31(37)42-16-9-13-33(2)14-12-23-20-26(34)27(35)21-24(23)25(33)17-22-18-28(38-3)32(40-5)29(19-22)39-4/h7-8,18-21,25H,6,9-17H2,1-5H3,(H-,34,35)/p+1/b8-7+. The van der Waals surface area contributed by atoms with Crippen molar-refractivity contribution in [2.24, 2.45) is 0 Å². The first kappa shape index (κ1) is 32.6. The molecule has 0 fully saturated rings. The van der Waals surface area contributed by atoms with Crippen LogP contribution < -0.4 is 14.2 Å². The van der Waals surface area contributed by atoms with E-state index < -0.39 is 0 Å². The molecule has 0 spiro atoms. The van der Waals surface area contributed by atoms with Crippen LogP contribution in [0.4, 0.5) is 0 Å². The van der Waals surface area contributed by atoms with Gasteiger partial charge in [0.2, 0.25) is 5.75 Å². The summed E-state index contributed by atoms with van der Waals surface area (Å²) in [5, 5.41) is 20.6. The highest BCUT2D eigenvalue weighted by Gasteiger charge is 2.40. The summed E-state index contributed by atoms with van der Waals surface area (Å²) >= 11 is 0. The first-order valence-electron chi connectivity index (χ1n) is 14.3. The molecular weight excluding hydrogens is 542 g/mol. The molecule has 0 aromatic heterocycles. The number of quaternary nitrogens is 1. The number of fused-ring (bicyclic) bond motifs is 1. The Balaban J connectivity index is 1.71. The van der Waals surface area contributed by atoms with E-state index in [2.05, 4.69) is 7.05 Å². The van der Waals surface area contributed by atoms with Gasteiger partial charge in [-0.2, -0.15) is 0 Å². The van der Waals surface area contributed by atoms with Gasteiger partial charge in [0.05, 0.1) is 67.5 Å². The van der Waals surface area contributed by atoms with E-state index in [1.165, 1.54) is 0 Å². The maximum Gasteiger partial charge on any atom is 0.309 e. The smallest absolute Gasteiger partial charge is 0.309 e. The SMILES string of the molecule is CCCOC(=O)C/C=C/CC(=O)OCCC[N+]1(C)CCc2cc(O)c(O)cc2C1Cc1cc(OC)c(OC)c(OC)c1. The molecular formula is C32H44NO9+. The zero-order valence-corrected chi connectivity index (χ0v) is 25.3. The van der Waals surface area contributed by atoms with Crippen molar-refractivity contribution in [1.29, 1.82) is 0 Å². The minimum atomic E-state index is -0.353. The largest absolute Gasteiger partial charge is 0.504 e. The number of nitrogens with zero attached hydrogens (tertiary/aromatic N) is 1. The summed E-state index contributed by atoms with van der Waals surface area (Å²) in [7, 11) is 6.89. The van der Waals surface area contributed by atoms with E-state index in [1.807, 2.05) is 19.1 Å². The van der Waals surface area contributed by atoms with Crippen LogP contribution in [-0.4, -0.2) is 81.3 Å². The molecule has 2 atom stereocenters. The Kier molecular flexibility index (Phi) is 11.9. The Morgan fingerprint density at radius 2 is 1.50 bits per heavy atom. The second kappa shape index (κ2) is 15.3. The lowest BCUT2D eigenvalue weighted by atomic mass is 9.86. The molecule has 0 saturated heterocycles. The second-order valence-corrected chi connectivity index (χ2v) is 10.6. The molecule has 2 N–H and O–H groups in total. The van der Waals surface area contributed by atoms with Crippen LogP contribution in [0.15, 0.2) is 36.4 Å². The van der Waals surface area contributed by atoms with Crippen molar-refractivity contribution in [2.45, 2.75) is 51.5 Å². The molecule has 1 aliphatic heterocycles. The number of esters is 2. The van der Waals surface area contributed by atoms with Crippen LogP contribution in [0.3, 0.4) is 0 Å². The molecule has 0 radical (unpaired) electrons. The number of hydrogen-bond donors (Lipinski definition) is 2. The third kappa shape index (κ3) is 8.31. The van der Waals surface area contributed by atoms with Gasteiger partial charge in [-0.15, -0.1) is 0 Å². The van der Waals surface area contributed by atoms with Crippen LogP contribution in [0.5, 0.6) is 28.7 Å². The van der Waals surface area contributed by atoms with Crippen molar-refractivity contribution in [1.82, 2.24) is 0 Å². The van der Waals surface area contributed by atoms with Crippen molar-refractivity contribution in [3.8, 4) is 28.7 Å². The topological polar surface area (TPSA) is 121 Å². The van der Waals surface area contributed by atoms with E-state index >= 15 is 0 Å². The van der Waals surface area contributed by atoms with E-state index in [-0.39, 0.29) is 48.9 Å². The van der Waals surface area contributed by atoms with E-state index in [4.69, 9.17) is 23.7 Å². The van der Waals surface area contributed by atoms with Crippen LogP contribution in [0.25, 0.3) is 0 Å². The minimum Gasteiger partial charge on any atom is -0.504 e. The Morgan fingerprint density at radius 1 is 0.905 bits per heavy atom. The van der Waals surface area contributed by atoms with Gasteiger partial charge in [0.1, 0.15) is 6.04 Å². The van der Waals surface area contributed by atoms with Gasteiger partial charge in [0.15, 0.2) is 23.0 Å². The third-order valence-corrected chi connectivity index (χ3v) is 7.67. The lowest BCUT2D eigenvalue weighted by Crippen LogP contribution is -2.52. The Bertz CT molecular complexity index is 1230. The first-order valence-corrected chi connectivity index (χ1v) is 14.3. The fourth-order valence-electron chi connectivity index (χ4n) is 5.41. The van der Waals surface area contributed by atoms with Gasteiger partial charge in [0, 0.05) is 24.8 Å². The van der Waals surface area contributed by atoms with Gasteiger partial charge in [-0.25, -0.2) is 0 Å². The van der Waals surface area contributed by atoms with Gasteiger partial charge in [-0.05, 0) is 41.8 Å². The highest BCUT2D eigenvalue weighted by molar-refractivity contribution is 5.73. The quantitative estimate of drug-likeness (QED) is 0.101. The molecule has 10 heteroatoms. The van der Waals surface area contributed by atoms with Crippen molar-refractivity contribution >= 4 is 11.9 Å². The molecule has 0 bridgehead atoms. The lowest BCUT2D eigenvalue weighted by Gasteiger charge is -2.46. The maximum atomic E-state index is 12.2. The minimum absolute atomic E-state index is 0.0610. The average Bonchev–Trinajstić information content (AvgIpc) is 2.98. The van der Waals surface area contributed by atoms with Gasteiger partial charge < -0.3 is 38.4 Å². The lowest BCUT2D eigenvalue weighted by molar-refractivity contribution is -0.941. The number of methoxy groups -OCH3 is 3. The summed E-state index contributed by atoms with van der Waals surface area (Å²) in [6, 6.07) is 7.11. The molecule has 10 nitrogen and oxygen atoms in total. The number of carbonyl (C=O) groups excluding carboxylic acids is 2. The number of phenols is 2. The molecule has 0 amide bonds. The van der Waals surface area contributed by atoms with Gasteiger partial charge in [-0.1, -0.05) is 19.1 Å².